The fraction of sp³-hybridized carbons (Fsp3) is 0.208. The number of non-ortho nitro benzene ring substituents is 1. The summed E-state index contributed by atoms with van der Waals surface area (Å²) in [6, 6.07) is 15.8. The van der Waals surface area contributed by atoms with Crippen molar-refractivity contribution >= 4 is 51.4 Å². The molecule has 4 rings (SSSR count). The molecule has 0 bridgehead atoms. The van der Waals surface area contributed by atoms with Crippen LogP contribution in [0.3, 0.4) is 0 Å². The number of piperazine rings is 1. The van der Waals surface area contributed by atoms with E-state index >= 15 is 0 Å². The van der Waals surface area contributed by atoms with Gasteiger partial charge in [-0.25, -0.2) is 4.98 Å². The fourth-order valence-electron chi connectivity index (χ4n) is 3.71. The zero-order valence-corrected chi connectivity index (χ0v) is 19.4. The molecule has 34 heavy (non-hydrogen) atoms. The molecule has 1 fully saturated rings. The van der Waals surface area contributed by atoms with Crippen molar-refractivity contribution in [3.05, 3.63) is 81.9 Å². The lowest BCUT2D eigenvalue weighted by molar-refractivity contribution is -0.384. The summed E-state index contributed by atoms with van der Waals surface area (Å²) in [7, 11) is 0. The SMILES string of the molecule is CC(=O)N(c1ccccc1)c1nc(/C=C/C(=O)N2CCN(c3cccc([N+](=O)[O-])c3)CC2)cs1. The van der Waals surface area contributed by atoms with E-state index in [0.29, 0.717) is 37.0 Å². The molecule has 2 aromatic carbocycles. The minimum atomic E-state index is -0.409. The summed E-state index contributed by atoms with van der Waals surface area (Å²) < 4.78 is 0. The Morgan fingerprint density at radius 1 is 1.09 bits per heavy atom. The van der Waals surface area contributed by atoms with Crippen molar-refractivity contribution in [1.29, 1.82) is 0 Å². The van der Waals surface area contributed by atoms with E-state index in [1.54, 1.807) is 28.5 Å². The molecular weight excluding hydrogens is 454 g/mol. The molecule has 0 atom stereocenters. The van der Waals surface area contributed by atoms with Gasteiger partial charge in [0, 0.05) is 62.4 Å². The molecule has 1 aliphatic rings. The number of hydrogen-bond donors (Lipinski definition) is 0. The minimum Gasteiger partial charge on any atom is -0.368 e. The van der Waals surface area contributed by atoms with Gasteiger partial charge in [-0.2, -0.15) is 0 Å². The zero-order valence-electron chi connectivity index (χ0n) is 18.5. The predicted molar refractivity (Wildman–Crippen MR) is 132 cm³/mol. The molecule has 174 valence electrons. The summed E-state index contributed by atoms with van der Waals surface area (Å²) in [5.74, 6) is -0.270. The van der Waals surface area contributed by atoms with Crippen LogP contribution in [0.1, 0.15) is 12.6 Å². The summed E-state index contributed by atoms with van der Waals surface area (Å²) in [6.45, 7) is 3.69. The van der Waals surface area contributed by atoms with Crippen molar-refractivity contribution in [2.75, 3.05) is 36.0 Å². The highest BCUT2D eigenvalue weighted by Crippen LogP contribution is 2.29. The maximum absolute atomic E-state index is 12.7. The standard InChI is InChI=1S/C24H23N5O4S/c1-18(30)28(20-6-3-2-4-7-20)24-25-19(17-34-24)10-11-23(31)27-14-12-26(13-15-27)21-8-5-9-22(16-21)29(32)33/h2-11,16-17H,12-15H2,1H3/b11-10+. The first-order valence-corrected chi connectivity index (χ1v) is 11.6. The van der Waals surface area contributed by atoms with E-state index in [2.05, 4.69) is 4.98 Å². The summed E-state index contributed by atoms with van der Waals surface area (Å²) in [6.07, 6.45) is 3.14. The number of nitro benzene ring substituents is 1. The van der Waals surface area contributed by atoms with E-state index in [9.17, 15) is 19.7 Å². The number of aromatic nitrogens is 1. The molecule has 9 nitrogen and oxygen atoms in total. The number of para-hydroxylation sites is 1. The van der Waals surface area contributed by atoms with Gasteiger partial charge in [-0.15, -0.1) is 11.3 Å². The second-order valence-electron chi connectivity index (χ2n) is 7.67. The smallest absolute Gasteiger partial charge is 0.271 e. The first-order valence-electron chi connectivity index (χ1n) is 10.7. The Kier molecular flexibility index (Phi) is 6.98. The molecule has 0 unspecified atom stereocenters. The van der Waals surface area contributed by atoms with Crippen LogP contribution in [-0.2, 0) is 9.59 Å². The number of carbonyl (C=O) groups is 2. The normalized spacial score (nSPS) is 13.8. The van der Waals surface area contributed by atoms with Crippen molar-refractivity contribution in [3.63, 3.8) is 0 Å². The van der Waals surface area contributed by atoms with Crippen LogP contribution in [-0.4, -0.2) is 52.8 Å². The molecule has 0 N–H and O–H groups in total. The zero-order chi connectivity index (χ0) is 24.1. The molecule has 2 amide bonds. The van der Waals surface area contributed by atoms with E-state index in [1.165, 1.54) is 35.3 Å². The van der Waals surface area contributed by atoms with Crippen molar-refractivity contribution in [1.82, 2.24) is 9.88 Å². The summed E-state index contributed by atoms with van der Waals surface area (Å²) >= 11 is 1.33. The van der Waals surface area contributed by atoms with Crippen LogP contribution in [0.2, 0.25) is 0 Å². The summed E-state index contributed by atoms with van der Waals surface area (Å²) in [5.41, 5.74) is 2.17. The largest absolute Gasteiger partial charge is 0.368 e. The lowest BCUT2D eigenvalue weighted by Crippen LogP contribution is -2.48. The van der Waals surface area contributed by atoms with E-state index in [0.717, 1.165) is 11.4 Å². The van der Waals surface area contributed by atoms with Crippen molar-refractivity contribution in [2.24, 2.45) is 0 Å². The van der Waals surface area contributed by atoms with Gasteiger partial charge in [0.1, 0.15) is 0 Å². The number of anilines is 3. The first-order chi connectivity index (χ1) is 16.4. The third-order valence-corrected chi connectivity index (χ3v) is 6.27. The Labute approximate surface area is 200 Å². The Hall–Kier alpha value is -4.05. The summed E-state index contributed by atoms with van der Waals surface area (Å²) in [5, 5.41) is 13.4. The number of nitrogens with zero attached hydrogens (tertiary/aromatic N) is 5. The number of nitro groups is 1. The Bertz CT molecular complexity index is 1220. The first kappa shape index (κ1) is 23.1. The van der Waals surface area contributed by atoms with Crippen LogP contribution in [0.4, 0.5) is 22.2 Å². The molecule has 0 saturated carbocycles. The molecular formula is C24H23N5O4S. The average Bonchev–Trinajstić information content (AvgIpc) is 3.31. The van der Waals surface area contributed by atoms with Gasteiger partial charge in [0.25, 0.3) is 5.69 Å². The third kappa shape index (κ3) is 5.29. The van der Waals surface area contributed by atoms with E-state index < -0.39 is 4.92 Å². The van der Waals surface area contributed by atoms with Gasteiger partial charge in [-0.3, -0.25) is 24.6 Å². The average molecular weight is 478 g/mol. The van der Waals surface area contributed by atoms with Crippen molar-refractivity contribution in [3.8, 4) is 0 Å². The third-order valence-electron chi connectivity index (χ3n) is 5.42. The Balaban J connectivity index is 1.37. The van der Waals surface area contributed by atoms with Crippen LogP contribution in [0.25, 0.3) is 6.08 Å². The quantitative estimate of drug-likeness (QED) is 0.301. The van der Waals surface area contributed by atoms with Gasteiger partial charge in [-0.05, 0) is 24.3 Å². The highest BCUT2D eigenvalue weighted by molar-refractivity contribution is 7.14. The highest BCUT2D eigenvalue weighted by Gasteiger charge is 2.21. The van der Waals surface area contributed by atoms with Gasteiger partial charge < -0.3 is 9.80 Å². The van der Waals surface area contributed by atoms with Crippen LogP contribution in [0, 0.1) is 10.1 Å². The van der Waals surface area contributed by atoms with Gasteiger partial charge in [0.05, 0.1) is 16.3 Å². The molecule has 1 saturated heterocycles. The number of benzene rings is 2. The molecule has 0 spiro atoms. The molecule has 10 heteroatoms. The second-order valence-corrected chi connectivity index (χ2v) is 8.50. The van der Waals surface area contributed by atoms with Crippen LogP contribution in [0.15, 0.2) is 66.1 Å². The van der Waals surface area contributed by atoms with Gasteiger partial charge in [0.15, 0.2) is 5.13 Å². The molecule has 2 heterocycles. The molecule has 3 aromatic rings. The number of hydrogen-bond acceptors (Lipinski definition) is 7. The van der Waals surface area contributed by atoms with Crippen molar-refractivity contribution in [2.45, 2.75) is 6.92 Å². The summed E-state index contributed by atoms with van der Waals surface area (Å²) in [4.78, 5) is 45.3. The maximum atomic E-state index is 12.7. The Morgan fingerprint density at radius 3 is 2.50 bits per heavy atom. The minimum absolute atomic E-state index is 0.0529. The van der Waals surface area contributed by atoms with Crippen LogP contribution in [0.5, 0.6) is 0 Å². The highest BCUT2D eigenvalue weighted by atomic mass is 32.1. The lowest BCUT2D eigenvalue weighted by Gasteiger charge is -2.35. The lowest BCUT2D eigenvalue weighted by atomic mass is 10.2. The van der Waals surface area contributed by atoms with E-state index in [4.69, 9.17) is 0 Å². The number of rotatable bonds is 6. The molecule has 1 aromatic heterocycles. The second kappa shape index (κ2) is 10.3. The number of thiazole rings is 1. The van der Waals surface area contributed by atoms with Crippen molar-refractivity contribution < 1.29 is 14.5 Å². The fourth-order valence-corrected chi connectivity index (χ4v) is 4.56. The molecule has 1 aliphatic heterocycles. The van der Waals surface area contributed by atoms with E-state index in [1.807, 2.05) is 41.3 Å². The topological polar surface area (TPSA) is 99.9 Å². The van der Waals surface area contributed by atoms with E-state index in [-0.39, 0.29) is 17.5 Å². The van der Waals surface area contributed by atoms with Gasteiger partial charge in [0.2, 0.25) is 11.8 Å². The van der Waals surface area contributed by atoms with Crippen LogP contribution < -0.4 is 9.80 Å². The molecule has 0 aliphatic carbocycles. The van der Waals surface area contributed by atoms with Gasteiger partial charge >= 0.3 is 0 Å². The van der Waals surface area contributed by atoms with Crippen LogP contribution >= 0.6 is 11.3 Å². The van der Waals surface area contributed by atoms with Gasteiger partial charge in [-0.1, -0.05) is 24.3 Å². The molecule has 0 radical (unpaired) electrons. The number of carbonyl (C=O) groups excluding carboxylic acids is 2. The number of amides is 2. The Morgan fingerprint density at radius 2 is 1.82 bits per heavy atom. The maximum Gasteiger partial charge on any atom is 0.271 e. The predicted octanol–water partition coefficient (Wildman–Crippen LogP) is 4.10. The monoisotopic (exact) mass is 477 g/mol.